The molecule has 142 valence electrons. The molecule has 0 aliphatic rings. The Hall–Kier alpha value is -3.61. The lowest BCUT2D eigenvalue weighted by atomic mass is 10.1. The Balaban J connectivity index is 1.45. The average Bonchev–Trinajstić information content (AvgIpc) is 3.16. The van der Waals surface area contributed by atoms with Crippen LogP contribution in [0.1, 0.15) is 22.3 Å². The summed E-state index contributed by atoms with van der Waals surface area (Å²) in [6.07, 6.45) is 3.13. The van der Waals surface area contributed by atoms with Crippen molar-refractivity contribution in [2.75, 3.05) is 13.7 Å². The summed E-state index contributed by atoms with van der Waals surface area (Å²) in [7, 11) is 1.64. The number of carbonyl (C=O) groups excluding carboxylic acids is 1. The molecule has 0 spiro atoms. The number of aromatic amines is 1. The number of hydrogen-bond acceptors (Lipinski definition) is 4. The van der Waals surface area contributed by atoms with Gasteiger partial charge in [-0.05, 0) is 42.7 Å². The van der Waals surface area contributed by atoms with Gasteiger partial charge in [-0.25, -0.2) is 4.52 Å². The number of nitrogens with zero attached hydrogens (tertiary/aromatic N) is 2. The Kier molecular flexibility index (Phi) is 4.80. The zero-order valence-corrected chi connectivity index (χ0v) is 15.4. The summed E-state index contributed by atoms with van der Waals surface area (Å²) in [4.78, 5) is 27.6. The standard InChI is InChI=1S/C21H20N4O3/c1-28-15-10-8-14(9-11-15)5-4-12-22-20(26)17-13-23-25-18-7-3-2-6-16(18)21(27)24-19(17)25/h2-3,6-11,13H,4-5,12H2,1H3,(H,22,26)(H,24,27). The number of aryl methyl sites for hydroxylation is 1. The van der Waals surface area contributed by atoms with E-state index in [0.29, 0.717) is 28.7 Å². The van der Waals surface area contributed by atoms with E-state index in [9.17, 15) is 9.59 Å². The average molecular weight is 376 g/mol. The first-order valence-corrected chi connectivity index (χ1v) is 9.07. The summed E-state index contributed by atoms with van der Waals surface area (Å²) in [6, 6.07) is 15.0. The summed E-state index contributed by atoms with van der Waals surface area (Å²) < 4.78 is 6.73. The number of methoxy groups -OCH3 is 1. The maximum Gasteiger partial charge on any atom is 0.259 e. The van der Waals surface area contributed by atoms with Crippen molar-refractivity contribution in [1.82, 2.24) is 19.9 Å². The van der Waals surface area contributed by atoms with Gasteiger partial charge in [0.25, 0.3) is 11.5 Å². The first kappa shape index (κ1) is 17.8. The second-order valence-corrected chi connectivity index (χ2v) is 6.50. The molecule has 28 heavy (non-hydrogen) atoms. The Bertz CT molecular complexity index is 1190. The summed E-state index contributed by atoms with van der Waals surface area (Å²) in [6.45, 7) is 0.528. The molecule has 7 heteroatoms. The van der Waals surface area contributed by atoms with Gasteiger partial charge in [0.1, 0.15) is 17.0 Å². The predicted octanol–water partition coefficient (Wildman–Crippen LogP) is 2.55. The van der Waals surface area contributed by atoms with Crippen LogP contribution in [0.25, 0.3) is 16.6 Å². The van der Waals surface area contributed by atoms with Crippen molar-refractivity contribution in [2.24, 2.45) is 0 Å². The van der Waals surface area contributed by atoms with Crippen molar-refractivity contribution >= 4 is 22.5 Å². The molecule has 1 amide bonds. The molecule has 0 saturated heterocycles. The number of H-pyrrole nitrogens is 1. The third kappa shape index (κ3) is 3.34. The molecule has 0 fully saturated rings. The van der Waals surface area contributed by atoms with Crippen molar-refractivity contribution in [3.63, 3.8) is 0 Å². The van der Waals surface area contributed by atoms with E-state index in [1.165, 1.54) is 11.8 Å². The van der Waals surface area contributed by atoms with Crippen LogP contribution in [0.3, 0.4) is 0 Å². The quantitative estimate of drug-likeness (QED) is 0.506. The van der Waals surface area contributed by atoms with E-state index >= 15 is 0 Å². The molecule has 0 unspecified atom stereocenters. The molecule has 0 bridgehead atoms. The fourth-order valence-corrected chi connectivity index (χ4v) is 3.22. The van der Waals surface area contributed by atoms with Crippen molar-refractivity contribution in [3.8, 4) is 5.75 Å². The highest BCUT2D eigenvalue weighted by atomic mass is 16.5. The van der Waals surface area contributed by atoms with Crippen LogP contribution >= 0.6 is 0 Å². The fourth-order valence-electron chi connectivity index (χ4n) is 3.22. The Morgan fingerprint density at radius 1 is 1.18 bits per heavy atom. The smallest absolute Gasteiger partial charge is 0.259 e. The van der Waals surface area contributed by atoms with Gasteiger partial charge in [-0.3, -0.25) is 9.59 Å². The minimum Gasteiger partial charge on any atom is -0.497 e. The number of nitrogens with one attached hydrogen (secondary N) is 2. The van der Waals surface area contributed by atoms with Crippen molar-refractivity contribution in [2.45, 2.75) is 12.8 Å². The lowest BCUT2D eigenvalue weighted by Gasteiger charge is -2.06. The molecule has 2 aromatic heterocycles. The molecule has 2 heterocycles. The molecule has 4 rings (SSSR count). The van der Waals surface area contributed by atoms with Crippen LogP contribution in [0.5, 0.6) is 5.75 Å². The van der Waals surface area contributed by atoms with Crippen LogP contribution in [0.2, 0.25) is 0 Å². The van der Waals surface area contributed by atoms with Crippen molar-refractivity contribution < 1.29 is 9.53 Å². The minimum atomic E-state index is -0.254. The van der Waals surface area contributed by atoms with E-state index in [1.54, 1.807) is 29.8 Å². The fraction of sp³-hybridized carbons (Fsp3) is 0.190. The molecule has 0 atom stereocenters. The van der Waals surface area contributed by atoms with Gasteiger partial charge in [-0.2, -0.15) is 5.10 Å². The molecule has 2 N–H and O–H groups in total. The number of ether oxygens (including phenoxy) is 1. The number of rotatable bonds is 6. The molecule has 0 saturated carbocycles. The van der Waals surface area contributed by atoms with Gasteiger partial charge < -0.3 is 15.0 Å². The maximum absolute atomic E-state index is 12.6. The maximum atomic E-state index is 12.6. The summed E-state index contributed by atoms with van der Waals surface area (Å²) >= 11 is 0. The molecule has 0 aliphatic carbocycles. The highest BCUT2D eigenvalue weighted by Crippen LogP contribution is 2.14. The molecule has 0 aliphatic heterocycles. The predicted molar refractivity (Wildman–Crippen MR) is 107 cm³/mol. The molecular formula is C21H20N4O3. The normalized spacial score (nSPS) is 11.0. The van der Waals surface area contributed by atoms with Crippen LogP contribution in [0.4, 0.5) is 0 Å². The third-order valence-corrected chi connectivity index (χ3v) is 4.71. The Morgan fingerprint density at radius 3 is 2.75 bits per heavy atom. The lowest BCUT2D eigenvalue weighted by Crippen LogP contribution is -2.25. The molecule has 2 aromatic carbocycles. The van der Waals surface area contributed by atoms with Crippen LogP contribution < -0.4 is 15.6 Å². The van der Waals surface area contributed by atoms with E-state index in [2.05, 4.69) is 15.4 Å². The monoisotopic (exact) mass is 376 g/mol. The van der Waals surface area contributed by atoms with E-state index in [0.717, 1.165) is 18.6 Å². The van der Waals surface area contributed by atoms with Crippen molar-refractivity contribution in [3.05, 3.63) is 76.2 Å². The van der Waals surface area contributed by atoms with Crippen molar-refractivity contribution in [1.29, 1.82) is 0 Å². The molecule has 7 nitrogen and oxygen atoms in total. The number of aromatic nitrogens is 3. The lowest BCUT2D eigenvalue weighted by molar-refractivity contribution is 0.0954. The SMILES string of the molecule is COc1ccc(CCCNC(=O)c2cnn3c2[nH]c(=O)c2ccccc23)cc1. The van der Waals surface area contributed by atoms with Gasteiger partial charge in [0.15, 0.2) is 0 Å². The molecule has 4 aromatic rings. The van der Waals surface area contributed by atoms with Gasteiger partial charge >= 0.3 is 0 Å². The zero-order valence-electron chi connectivity index (χ0n) is 15.4. The van der Waals surface area contributed by atoms with E-state index < -0.39 is 0 Å². The Labute approximate surface area is 161 Å². The second kappa shape index (κ2) is 7.56. The van der Waals surface area contributed by atoms with Gasteiger partial charge in [0, 0.05) is 6.54 Å². The van der Waals surface area contributed by atoms with E-state index in [1.807, 2.05) is 30.3 Å². The van der Waals surface area contributed by atoms with Gasteiger partial charge in [-0.15, -0.1) is 0 Å². The van der Waals surface area contributed by atoms with Crippen LogP contribution in [-0.4, -0.2) is 34.2 Å². The third-order valence-electron chi connectivity index (χ3n) is 4.71. The first-order chi connectivity index (χ1) is 13.7. The van der Waals surface area contributed by atoms with Gasteiger partial charge in [0.2, 0.25) is 0 Å². The van der Waals surface area contributed by atoms with Gasteiger partial charge in [0.05, 0.1) is 24.2 Å². The highest BCUT2D eigenvalue weighted by molar-refractivity contribution is 6.00. The van der Waals surface area contributed by atoms with Crippen LogP contribution in [-0.2, 0) is 6.42 Å². The topological polar surface area (TPSA) is 88.5 Å². The zero-order chi connectivity index (χ0) is 19.5. The number of para-hydroxylation sites is 1. The van der Waals surface area contributed by atoms with Gasteiger partial charge in [-0.1, -0.05) is 24.3 Å². The first-order valence-electron chi connectivity index (χ1n) is 9.07. The number of hydrogen-bond donors (Lipinski definition) is 2. The van der Waals surface area contributed by atoms with Crippen LogP contribution in [0, 0.1) is 0 Å². The summed E-state index contributed by atoms with van der Waals surface area (Å²) in [5.41, 5.74) is 2.36. The largest absolute Gasteiger partial charge is 0.497 e. The molecule has 0 radical (unpaired) electrons. The molecular weight excluding hydrogens is 356 g/mol. The van der Waals surface area contributed by atoms with E-state index in [-0.39, 0.29) is 11.5 Å². The highest BCUT2D eigenvalue weighted by Gasteiger charge is 2.15. The summed E-state index contributed by atoms with van der Waals surface area (Å²) in [5, 5.41) is 7.71. The number of benzene rings is 2. The van der Waals surface area contributed by atoms with E-state index in [4.69, 9.17) is 4.74 Å². The minimum absolute atomic E-state index is 0.239. The second-order valence-electron chi connectivity index (χ2n) is 6.50. The Morgan fingerprint density at radius 2 is 1.96 bits per heavy atom. The number of amides is 1. The van der Waals surface area contributed by atoms with Crippen LogP contribution in [0.15, 0.2) is 59.5 Å². The number of fused-ring (bicyclic) bond motifs is 3. The summed E-state index contributed by atoms with van der Waals surface area (Å²) in [5.74, 6) is 0.572. The number of carbonyl (C=O) groups is 1.